The molecule has 6 heteroatoms. The first-order chi connectivity index (χ1) is 11.0. The number of rotatable bonds is 7. The highest BCUT2D eigenvalue weighted by Gasteiger charge is 2.47. The van der Waals surface area contributed by atoms with Crippen LogP contribution in [-0.4, -0.2) is 44.2 Å². The highest BCUT2D eigenvalue weighted by Crippen LogP contribution is 2.35. The first kappa shape index (κ1) is 17.3. The molecule has 2 amide bonds. The average molecular weight is 320 g/mol. The summed E-state index contributed by atoms with van der Waals surface area (Å²) in [7, 11) is 1.58. The number of nitrogens with zero attached hydrogens (tertiary/aromatic N) is 1. The van der Waals surface area contributed by atoms with E-state index >= 15 is 0 Å². The lowest BCUT2D eigenvalue weighted by atomic mass is 9.97. The van der Waals surface area contributed by atoms with Crippen molar-refractivity contribution in [3.63, 3.8) is 0 Å². The van der Waals surface area contributed by atoms with Gasteiger partial charge < -0.3 is 14.8 Å². The lowest BCUT2D eigenvalue weighted by molar-refractivity contribution is -0.127. The van der Waals surface area contributed by atoms with Gasteiger partial charge >= 0.3 is 0 Å². The molecule has 0 radical (unpaired) electrons. The van der Waals surface area contributed by atoms with Crippen molar-refractivity contribution in [1.29, 1.82) is 0 Å². The van der Waals surface area contributed by atoms with E-state index < -0.39 is 5.54 Å². The third-order valence-electron chi connectivity index (χ3n) is 4.06. The normalized spacial score (nSPS) is 20.7. The van der Waals surface area contributed by atoms with Crippen LogP contribution in [0.4, 0.5) is 5.69 Å². The second kappa shape index (κ2) is 7.46. The zero-order valence-corrected chi connectivity index (χ0v) is 13.9. The minimum Gasteiger partial charge on any atom is -0.494 e. The molecule has 1 N–H and O–H groups in total. The molecule has 1 aromatic rings. The quantitative estimate of drug-likeness (QED) is 0.777. The van der Waals surface area contributed by atoms with E-state index in [9.17, 15) is 9.59 Å². The Balaban J connectivity index is 2.19. The molecule has 1 atom stereocenters. The minimum atomic E-state index is -0.877. The van der Waals surface area contributed by atoms with Crippen LogP contribution >= 0.6 is 0 Å². The summed E-state index contributed by atoms with van der Waals surface area (Å²) in [5, 5.41) is 2.84. The Kier molecular flexibility index (Phi) is 5.60. The number of hydrogen-bond donors (Lipinski definition) is 1. The van der Waals surface area contributed by atoms with Crippen molar-refractivity contribution < 1.29 is 19.1 Å². The zero-order valence-electron chi connectivity index (χ0n) is 13.9. The van der Waals surface area contributed by atoms with Gasteiger partial charge in [0, 0.05) is 25.8 Å². The Labute approximate surface area is 136 Å². The molecular formula is C17H24N2O4. The van der Waals surface area contributed by atoms with E-state index in [0.717, 1.165) is 5.75 Å². The SMILES string of the molecule is CCOc1ccc(N2C(=O)CCC2(C)C(=O)NCCOC)cc1. The molecule has 1 saturated heterocycles. The summed E-state index contributed by atoms with van der Waals surface area (Å²) in [4.78, 5) is 26.5. The summed E-state index contributed by atoms with van der Waals surface area (Å²) >= 11 is 0. The van der Waals surface area contributed by atoms with Crippen molar-refractivity contribution in [3.05, 3.63) is 24.3 Å². The van der Waals surface area contributed by atoms with Crippen LogP contribution in [0.5, 0.6) is 5.75 Å². The van der Waals surface area contributed by atoms with Crippen LogP contribution in [-0.2, 0) is 14.3 Å². The second-order valence-electron chi connectivity index (χ2n) is 5.68. The smallest absolute Gasteiger partial charge is 0.246 e. The Hall–Kier alpha value is -2.08. The predicted octanol–water partition coefficient (Wildman–Crippen LogP) is 1.73. The van der Waals surface area contributed by atoms with Gasteiger partial charge in [-0.05, 0) is 44.5 Å². The van der Waals surface area contributed by atoms with Crippen molar-refractivity contribution >= 4 is 17.5 Å². The van der Waals surface area contributed by atoms with Gasteiger partial charge in [0.05, 0.1) is 13.2 Å². The molecule has 126 valence electrons. The van der Waals surface area contributed by atoms with Gasteiger partial charge in [0.2, 0.25) is 11.8 Å². The van der Waals surface area contributed by atoms with E-state index in [0.29, 0.717) is 38.3 Å². The minimum absolute atomic E-state index is 0.0430. The van der Waals surface area contributed by atoms with Crippen molar-refractivity contribution in [1.82, 2.24) is 5.32 Å². The topological polar surface area (TPSA) is 67.9 Å². The Morgan fingerprint density at radius 2 is 2.04 bits per heavy atom. The summed E-state index contributed by atoms with van der Waals surface area (Å²) in [6.07, 6.45) is 0.860. The highest BCUT2D eigenvalue weighted by atomic mass is 16.5. The number of carbonyl (C=O) groups excluding carboxylic acids is 2. The fourth-order valence-electron chi connectivity index (χ4n) is 2.81. The number of carbonyl (C=O) groups is 2. The van der Waals surface area contributed by atoms with Gasteiger partial charge in [-0.2, -0.15) is 0 Å². The lowest BCUT2D eigenvalue weighted by Gasteiger charge is -2.34. The fourth-order valence-corrected chi connectivity index (χ4v) is 2.81. The summed E-state index contributed by atoms with van der Waals surface area (Å²) in [6, 6.07) is 7.26. The predicted molar refractivity (Wildman–Crippen MR) is 87.6 cm³/mol. The Morgan fingerprint density at radius 1 is 1.35 bits per heavy atom. The van der Waals surface area contributed by atoms with Gasteiger partial charge in [-0.15, -0.1) is 0 Å². The van der Waals surface area contributed by atoms with Crippen LogP contribution < -0.4 is 15.0 Å². The molecule has 6 nitrogen and oxygen atoms in total. The molecule has 23 heavy (non-hydrogen) atoms. The summed E-state index contributed by atoms with van der Waals surface area (Å²) in [5.74, 6) is 0.544. The van der Waals surface area contributed by atoms with E-state index in [1.807, 2.05) is 31.2 Å². The maximum atomic E-state index is 12.6. The molecular weight excluding hydrogens is 296 g/mol. The van der Waals surface area contributed by atoms with Crippen LogP contribution in [0.1, 0.15) is 26.7 Å². The number of benzene rings is 1. The molecule has 1 fully saturated rings. The molecule has 2 rings (SSSR count). The first-order valence-electron chi connectivity index (χ1n) is 7.86. The third kappa shape index (κ3) is 3.64. The maximum Gasteiger partial charge on any atom is 0.246 e. The van der Waals surface area contributed by atoms with Crippen LogP contribution in [0.2, 0.25) is 0 Å². The van der Waals surface area contributed by atoms with Crippen molar-refractivity contribution in [2.24, 2.45) is 0 Å². The van der Waals surface area contributed by atoms with Gasteiger partial charge in [-0.25, -0.2) is 0 Å². The number of anilines is 1. The zero-order chi connectivity index (χ0) is 16.9. The molecule has 0 saturated carbocycles. The van der Waals surface area contributed by atoms with E-state index in [4.69, 9.17) is 9.47 Å². The number of ether oxygens (including phenoxy) is 2. The first-order valence-corrected chi connectivity index (χ1v) is 7.86. The Bertz CT molecular complexity index is 558. The van der Waals surface area contributed by atoms with Crippen LogP contribution in [0.3, 0.4) is 0 Å². The van der Waals surface area contributed by atoms with Crippen molar-refractivity contribution in [3.8, 4) is 5.75 Å². The third-order valence-corrected chi connectivity index (χ3v) is 4.06. The molecule has 1 unspecified atom stereocenters. The number of hydrogen-bond acceptors (Lipinski definition) is 4. The van der Waals surface area contributed by atoms with Crippen LogP contribution in [0.25, 0.3) is 0 Å². The van der Waals surface area contributed by atoms with Gasteiger partial charge in [-0.1, -0.05) is 0 Å². The van der Waals surface area contributed by atoms with Gasteiger partial charge in [0.25, 0.3) is 0 Å². The number of nitrogens with one attached hydrogen (secondary N) is 1. The summed E-state index contributed by atoms with van der Waals surface area (Å²) in [6.45, 7) is 5.17. The second-order valence-corrected chi connectivity index (χ2v) is 5.68. The monoisotopic (exact) mass is 320 g/mol. The number of amides is 2. The van der Waals surface area contributed by atoms with Gasteiger partial charge in [-0.3, -0.25) is 14.5 Å². The lowest BCUT2D eigenvalue weighted by Crippen LogP contribution is -2.55. The number of methoxy groups -OCH3 is 1. The fraction of sp³-hybridized carbons (Fsp3) is 0.529. The molecule has 0 aliphatic carbocycles. The Morgan fingerprint density at radius 3 is 2.65 bits per heavy atom. The molecule has 0 bridgehead atoms. The van der Waals surface area contributed by atoms with Crippen LogP contribution in [0.15, 0.2) is 24.3 Å². The van der Waals surface area contributed by atoms with E-state index in [1.54, 1.807) is 18.9 Å². The summed E-state index contributed by atoms with van der Waals surface area (Å²) < 4.78 is 10.4. The van der Waals surface area contributed by atoms with E-state index in [1.165, 1.54) is 0 Å². The molecule has 1 aromatic carbocycles. The van der Waals surface area contributed by atoms with E-state index in [2.05, 4.69) is 5.32 Å². The molecule has 1 heterocycles. The molecule has 1 aliphatic heterocycles. The van der Waals surface area contributed by atoms with Crippen molar-refractivity contribution in [2.45, 2.75) is 32.2 Å². The van der Waals surface area contributed by atoms with Crippen molar-refractivity contribution in [2.75, 3.05) is 31.8 Å². The standard InChI is InChI=1S/C17H24N2O4/c1-4-23-14-7-5-13(6-8-14)19-15(20)9-10-17(19,2)16(21)18-11-12-22-3/h5-8H,4,9-12H2,1-3H3,(H,18,21). The largest absolute Gasteiger partial charge is 0.494 e. The highest BCUT2D eigenvalue weighted by molar-refractivity contribution is 6.06. The molecule has 1 aliphatic rings. The average Bonchev–Trinajstić information content (AvgIpc) is 2.85. The summed E-state index contributed by atoms with van der Waals surface area (Å²) in [5.41, 5.74) is -0.168. The molecule has 0 spiro atoms. The van der Waals surface area contributed by atoms with Crippen LogP contribution in [0, 0.1) is 0 Å². The molecule has 0 aromatic heterocycles. The van der Waals surface area contributed by atoms with Gasteiger partial charge in [0.15, 0.2) is 0 Å². The maximum absolute atomic E-state index is 12.6. The van der Waals surface area contributed by atoms with E-state index in [-0.39, 0.29) is 11.8 Å². The van der Waals surface area contributed by atoms with Gasteiger partial charge in [0.1, 0.15) is 11.3 Å².